The molecule has 2 heterocycles. The van der Waals surface area contributed by atoms with Crippen LogP contribution in [-0.4, -0.2) is 56.1 Å². The van der Waals surface area contributed by atoms with Crippen molar-refractivity contribution in [2.45, 2.75) is 38.6 Å². The molecular formula is C20H30N2O2. The predicted octanol–water partition coefficient (Wildman–Crippen LogP) is 3.02. The van der Waals surface area contributed by atoms with Crippen LogP contribution in [0.3, 0.4) is 0 Å². The van der Waals surface area contributed by atoms with Crippen molar-refractivity contribution >= 4 is 5.91 Å². The fourth-order valence-corrected chi connectivity index (χ4v) is 4.09. The first-order chi connectivity index (χ1) is 11.5. The molecule has 0 aromatic heterocycles. The maximum Gasteiger partial charge on any atom is 0.244 e. The number of aryl methyl sites for hydroxylation is 1. The zero-order chi connectivity index (χ0) is 17.2. The van der Waals surface area contributed by atoms with Gasteiger partial charge in [0.25, 0.3) is 0 Å². The third kappa shape index (κ3) is 3.65. The molecule has 2 aliphatic heterocycles. The van der Waals surface area contributed by atoms with Crippen molar-refractivity contribution in [2.24, 2.45) is 5.41 Å². The summed E-state index contributed by atoms with van der Waals surface area (Å²) in [6, 6.07) is 8.16. The fraction of sp³-hybridized carbons (Fsp3) is 0.650. The summed E-state index contributed by atoms with van der Waals surface area (Å²) in [5.74, 6) is 0.241. The van der Waals surface area contributed by atoms with Crippen molar-refractivity contribution < 1.29 is 9.53 Å². The molecule has 1 atom stereocenters. The first kappa shape index (κ1) is 17.4. The summed E-state index contributed by atoms with van der Waals surface area (Å²) in [6.45, 7) is 5.62. The lowest BCUT2D eigenvalue weighted by atomic mass is 9.72. The smallest absolute Gasteiger partial charge is 0.244 e. The van der Waals surface area contributed by atoms with Crippen LogP contribution < -0.4 is 0 Å². The lowest BCUT2D eigenvalue weighted by Crippen LogP contribution is -2.48. The summed E-state index contributed by atoms with van der Waals surface area (Å²) in [4.78, 5) is 17.3. The minimum Gasteiger partial charge on any atom is -0.381 e. The van der Waals surface area contributed by atoms with Gasteiger partial charge in [0.15, 0.2) is 0 Å². The zero-order valence-electron chi connectivity index (χ0n) is 15.3. The number of ether oxygens (including phenoxy) is 1. The number of carbonyl (C=O) groups is 1. The number of amides is 1. The number of piperidine rings is 1. The lowest BCUT2D eigenvalue weighted by Gasteiger charge is -2.45. The summed E-state index contributed by atoms with van der Waals surface area (Å²) in [6.07, 6.45) is 4.56. The second-order valence-electron chi connectivity index (χ2n) is 7.71. The van der Waals surface area contributed by atoms with Crippen LogP contribution in [0.1, 0.15) is 42.9 Å². The average molecular weight is 330 g/mol. The van der Waals surface area contributed by atoms with E-state index in [0.29, 0.717) is 5.41 Å². The summed E-state index contributed by atoms with van der Waals surface area (Å²) in [5, 5.41) is 0. The van der Waals surface area contributed by atoms with E-state index in [0.717, 1.165) is 57.6 Å². The molecule has 0 saturated carbocycles. The Balaban J connectivity index is 1.69. The molecule has 1 aromatic rings. The van der Waals surface area contributed by atoms with Crippen molar-refractivity contribution in [1.82, 2.24) is 9.80 Å². The number of hydrogen-bond acceptors (Lipinski definition) is 3. The predicted molar refractivity (Wildman–Crippen MR) is 95.9 cm³/mol. The van der Waals surface area contributed by atoms with E-state index in [9.17, 15) is 4.79 Å². The molecular weight excluding hydrogens is 300 g/mol. The topological polar surface area (TPSA) is 32.8 Å². The summed E-state index contributed by atoms with van der Waals surface area (Å²) in [7, 11) is 3.98. The van der Waals surface area contributed by atoms with Gasteiger partial charge in [-0.1, -0.05) is 29.8 Å². The maximum atomic E-state index is 13.2. The molecule has 1 amide bonds. The van der Waals surface area contributed by atoms with E-state index < -0.39 is 0 Å². The van der Waals surface area contributed by atoms with Crippen LogP contribution in [0.15, 0.2) is 24.3 Å². The normalized spacial score (nSPS) is 21.9. The Morgan fingerprint density at radius 3 is 2.21 bits per heavy atom. The Kier molecular flexibility index (Phi) is 5.26. The number of carbonyl (C=O) groups excluding carboxylic acids is 1. The average Bonchev–Trinajstić information content (AvgIpc) is 2.58. The van der Waals surface area contributed by atoms with Crippen molar-refractivity contribution in [3.8, 4) is 0 Å². The molecule has 0 aliphatic carbocycles. The summed E-state index contributed by atoms with van der Waals surface area (Å²) >= 11 is 0. The SMILES string of the molecule is Cc1ccc(C(C(=O)N2CCC3(CCOCC3)CC2)N(C)C)cc1. The molecule has 1 unspecified atom stereocenters. The van der Waals surface area contributed by atoms with Gasteiger partial charge in [-0.25, -0.2) is 0 Å². The number of likely N-dealkylation sites (N-methyl/N-ethyl adjacent to an activating group) is 1. The second-order valence-corrected chi connectivity index (χ2v) is 7.71. The van der Waals surface area contributed by atoms with Crippen molar-refractivity contribution in [3.63, 3.8) is 0 Å². The molecule has 24 heavy (non-hydrogen) atoms. The van der Waals surface area contributed by atoms with Gasteiger partial charge in [-0.3, -0.25) is 9.69 Å². The molecule has 2 saturated heterocycles. The third-order valence-corrected chi connectivity index (χ3v) is 5.83. The largest absolute Gasteiger partial charge is 0.381 e. The van der Waals surface area contributed by atoms with Crippen LogP contribution in [0.2, 0.25) is 0 Å². The number of likely N-dealkylation sites (tertiary alicyclic amines) is 1. The van der Waals surface area contributed by atoms with Crippen molar-refractivity contribution in [3.05, 3.63) is 35.4 Å². The van der Waals surface area contributed by atoms with Gasteiger partial charge in [0.05, 0.1) is 0 Å². The molecule has 1 spiro atoms. The van der Waals surface area contributed by atoms with Gasteiger partial charge >= 0.3 is 0 Å². The molecule has 0 bridgehead atoms. The Bertz CT molecular complexity index is 552. The first-order valence-electron chi connectivity index (χ1n) is 9.10. The molecule has 3 rings (SSSR count). The van der Waals surface area contributed by atoms with Gasteiger partial charge < -0.3 is 9.64 Å². The molecule has 0 N–H and O–H groups in total. The number of rotatable bonds is 3. The van der Waals surface area contributed by atoms with Crippen molar-refractivity contribution in [2.75, 3.05) is 40.4 Å². The van der Waals surface area contributed by atoms with E-state index in [4.69, 9.17) is 4.74 Å². The van der Waals surface area contributed by atoms with E-state index in [1.165, 1.54) is 5.56 Å². The summed E-state index contributed by atoms with van der Waals surface area (Å²) in [5.41, 5.74) is 2.73. The van der Waals surface area contributed by atoms with Gasteiger partial charge in [0.1, 0.15) is 6.04 Å². The Labute approximate surface area is 145 Å². The fourth-order valence-electron chi connectivity index (χ4n) is 4.09. The minimum absolute atomic E-state index is 0.186. The van der Waals surface area contributed by atoms with E-state index in [1.807, 2.05) is 19.0 Å². The molecule has 1 aromatic carbocycles. The first-order valence-corrected chi connectivity index (χ1v) is 9.10. The molecule has 4 heteroatoms. The molecule has 2 fully saturated rings. The van der Waals surface area contributed by atoms with Crippen LogP contribution in [0.25, 0.3) is 0 Å². The maximum absolute atomic E-state index is 13.2. The van der Waals surface area contributed by atoms with Crippen LogP contribution in [-0.2, 0) is 9.53 Å². The molecule has 4 nitrogen and oxygen atoms in total. The molecule has 0 radical (unpaired) electrons. The van der Waals surface area contributed by atoms with Crippen LogP contribution in [0, 0.1) is 12.3 Å². The van der Waals surface area contributed by atoms with Gasteiger partial charge in [0.2, 0.25) is 5.91 Å². The second kappa shape index (κ2) is 7.24. The van der Waals surface area contributed by atoms with Crippen LogP contribution >= 0.6 is 0 Å². The molecule has 132 valence electrons. The summed E-state index contributed by atoms with van der Waals surface area (Å²) < 4.78 is 5.52. The number of hydrogen-bond donors (Lipinski definition) is 0. The van der Waals surface area contributed by atoms with Gasteiger partial charge in [-0.15, -0.1) is 0 Å². The Hall–Kier alpha value is -1.39. The monoisotopic (exact) mass is 330 g/mol. The highest BCUT2D eigenvalue weighted by Gasteiger charge is 2.38. The van der Waals surface area contributed by atoms with Gasteiger partial charge in [-0.05, 0) is 57.7 Å². The molecule has 2 aliphatic rings. The number of nitrogens with zero attached hydrogens (tertiary/aromatic N) is 2. The van der Waals surface area contributed by atoms with Crippen LogP contribution in [0.5, 0.6) is 0 Å². The van der Waals surface area contributed by atoms with E-state index in [1.54, 1.807) is 0 Å². The van der Waals surface area contributed by atoms with Gasteiger partial charge in [0, 0.05) is 26.3 Å². The standard InChI is InChI=1S/C20H30N2O2/c1-16-4-6-17(7-5-16)18(21(2)3)19(23)22-12-8-20(9-13-22)10-14-24-15-11-20/h4-7,18H,8-15H2,1-3H3. The number of benzene rings is 1. The van der Waals surface area contributed by atoms with E-state index in [-0.39, 0.29) is 11.9 Å². The third-order valence-electron chi connectivity index (χ3n) is 5.83. The highest BCUT2D eigenvalue weighted by Crippen LogP contribution is 2.41. The minimum atomic E-state index is -0.186. The quantitative estimate of drug-likeness (QED) is 0.854. The van der Waals surface area contributed by atoms with Gasteiger partial charge in [-0.2, -0.15) is 0 Å². The zero-order valence-corrected chi connectivity index (χ0v) is 15.3. The Morgan fingerprint density at radius 2 is 1.67 bits per heavy atom. The van der Waals surface area contributed by atoms with Crippen LogP contribution in [0.4, 0.5) is 0 Å². The highest BCUT2D eigenvalue weighted by molar-refractivity contribution is 5.83. The Morgan fingerprint density at radius 1 is 1.08 bits per heavy atom. The van der Waals surface area contributed by atoms with E-state index >= 15 is 0 Å². The highest BCUT2D eigenvalue weighted by atomic mass is 16.5. The lowest BCUT2D eigenvalue weighted by molar-refractivity contribution is -0.139. The van der Waals surface area contributed by atoms with Crippen molar-refractivity contribution in [1.29, 1.82) is 0 Å². The van der Waals surface area contributed by atoms with E-state index in [2.05, 4.69) is 36.1 Å².